The van der Waals surface area contributed by atoms with Gasteiger partial charge in [0.05, 0.1) is 0 Å². The Morgan fingerprint density at radius 3 is 2.35 bits per heavy atom. The molecule has 0 saturated heterocycles. The highest BCUT2D eigenvalue weighted by Crippen LogP contribution is 2.26. The molecule has 0 bridgehead atoms. The standard InChI is InChI=1S/C25H24N6O5S/c1-13(32)27-15-5-7-16(8-6-15)28-23(34)20-12-37-25(30-20)31-22(33)14-4-9-19-18(11-14)17(3-2-10-26)21(29-19)24(35)36/h4-9,11-12,29H,2-3,10,26H2,1H3,(H,27,32)(H,28,34)(H,35,36)(H,30,31,33). The summed E-state index contributed by atoms with van der Waals surface area (Å²) in [6, 6.07) is 11.5. The lowest BCUT2D eigenvalue weighted by Gasteiger charge is -2.06. The van der Waals surface area contributed by atoms with Crippen molar-refractivity contribution in [1.82, 2.24) is 9.97 Å². The van der Waals surface area contributed by atoms with Crippen molar-refractivity contribution in [2.75, 3.05) is 22.5 Å². The molecule has 2 aromatic carbocycles. The van der Waals surface area contributed by atoms with Gasteiger partial charge in [0.2, 0.25) is 5.91 Å². The Kier molecular flexibility index (Phi) is 7.60. The summed E-state index contributed by atoms with van der Waals surface area (Å²) in [5.41, 5.74) is 8.46. The van der Waals surface area contributed by atoms with Gasteiger partial charge in [-0.3, -0.25) is 19.7 Å². The van der Waals surface area contributed by atoms with Crippen LogP contribution in [0.1, 0.15) is 50.2 Å². The Bertz CT molecular complexity index is 1490. The molecule has 0 saturated carbocycles. The van der Waals surface area contributed by atoms with Crippen LogP contribution in [0.4, 0.5) is 16.5 Å². The van der Waals surface area contributed by atoms with Gasteiger partial charge in [0.15, 0.2) is 5.13 Å². The first kappa shape index (κ1) is 25.5. The van der Waals surface area contributed by atoms with E-state index in [2.05, 4.69) is 25.9 Å². The van der Waals surface area contributed by atoms with Crippen molar-refractivity contribution >= 4 is 62.4 Å². The predicted molar refractivity (Wildman–Crippen MR) is 141 cm³/mol. The molecule has 0 atom stereocenters. The van der Waals surface area contributed by atoms with Gasteiger partial charge in [-0.05, 0) is 67.4 Å². The summed E-state index contributed by atoms with van der Waals surface area (Å²) >= 11 is 1.10. The molecule has 12 heteroatoms. The Labute approximate surface area is 215 Å². The van der Waals surface area contributed by atoms with Crippen molar-refractivity contribution in [2.45, 2.75) is 19.8 Å². The Morgan fingerprint density at radius 1 is 1.00 bits per heavy atom. The quantitative estimate of drug-likeness (QED) is 0.195. The van der Waals surface area contributed by atoms with Crippen LogP contribution in [-0.4, -0.2) is 45.3 Å². The van der Waals surface area contributed by atoms with Crippen LogP contribution in [0.3, 0.4) is 0 Å². The average molecular weight is 521 g/mol. The number of hydrogen-bond acceptors (Lipinski definition) is 7. The molecule has 0 aliphatic carbocycles. The molecule has 0 spiro atoms. The van der Waals surface area contributed by atoms with E-state index < -0.39 is 17.8 Å². The molecule has 7 N–H and O–H groups in total. The fourth-order valence-corrected chi connectivity index (χ4v) is 4.44. The van der Waals surface area contributed by atoms with Gasteiger partial charge in [-0.25, -0.2) is 9.78 Å². The van der Waals surface area contributed by atoms with Crippen LogP contribution in [0.5, 0.6) is 0 Å². The van der Waals surface area contributed by atoms with Crippen LogP contribution < -0.4 is 21.7 Å². The van der Waals surface area contributed by atoms with Crippen molar-refractivity contribution in [3.8, 4) is 0 Å². The van der Waals surface area contributed by atoms with E-state index in [4.69, 9.17) is 5.73 Å². The first-order valence-corrected chi connectivity index (χ1v) is 12.2. The van der Waals surface area contributed by atoms with Crippen LogP contribution in [0.2, 0.25) is 0 Å². The van der Waals surface area contributed by atoms with Gasteiger partial charge in [-0.1, -0.05) is 0 Å². The third kappa shape index (κ3) is 6.00. The lowest BCUT2D eigenvalue weighted by Crippen LogP contribution is -2.14. The van der Waals surface area contributed by atoms with Crippen LogP contribution in [-0.2, 0) is 11.2 Å². The van der Waals surface area contributed by atoms with Crippen molar-refractivity contribution in [1.29, 1.82) is 0 Å². The third-order valence-corrected chi connectivity index (χ3v) is 6.19. The second-order valence-electron chi connectivity index (χ2n) is 8.14. The Morgan fingerprint density at radius 2 is 1.70 bits per heavy atom. The van der Waals surface area contributed by atoms with Gasteiger partial charge in [0.25, 0.3) is 11.8 Å². The molecule has 4 rings (SSSR count). The number of carbonyl (C=O) groups excluding carboxylic acids is 3. The Balaban J connectivity index is 1.46. The van der Waals surface area contributed by atoms with Gasteiger partial charge in [0.1, 0.15) is 11.4 Å². The maximum Gasteiger partial charge on any atom is 0.352 e. The highest BCUT2D eigenvalue weighted by Gasteiger charge is 2.19. The number of nitrogens with zero attached hydrogens (tertiary/aromatic N) is 1. The highest BCUT2D eigenvalue weighted by atomic mass is 32.1. The average Bonchev–Trinajstić information content (AvgIpc) is 3.48. The van der Waals surface area contributed by atoms with Gasteiger partial charge >= 0.3 is 5.97 Å². The number of carbonyl (C=O) groups is 4. The van der Waals surface area contributed by atoms with Crippen molar-refractivity contribution in [2.24, 2.45) is 5.73 Å². The highest BCUT2D eigenvalue weighted by molar-refractivity contribution is 7.14. The maximum absolute atomic E-state index is 12.9. The number of anilines is 3. The van der Waals surface area contributed by atoms with E-state index in [1.807, 2.05) is 0 Å². The molecule has 0 fully saturated rings. The van der Waals surface area contributed by atoms with E-state index in [9.17, 15) is 24.3 Å². The fraction of sp³-hybridized carbons (Fsp3) is 0.160. The smallest absolute Gasteiger partial charge is 0.352 e. The van der Waals surface area contributed by atoms with Crippen molar-refractivity contribution in [3.63, 3.8) is 0 Å². The van der Waals surface area contributed by atoms with E-state index in [1.54, 1.807) is 42.5 Å². The molecule has 3 amide bonds. The second kappa shape index (κ2) is 11.0. The summed E-state index contributed by atoms with van der Waals surface area (Å²) in [6.07, 6.45) is 1.07. The van der Waals surface area contributed by atoms with E-state index in [1.165, 1.54) is 12.3 Å². The molecule has 11 nitrogen and oxygen atoms in total. The number of H-pyrrole nitrogens is 1. The number of aromatic nitrogens is 2. The first-order valence-electron chi connectivity index (χ1n) is 11.3. The minimum Gasteiger partial charge on any atom is -0.477 e. The summed E-state index contributed by atoms with van der Waals surface area (Å²) in [7, 11) is 0. The lowest BCUT2D eigenvalue weighted by molar-refractivity contribution is -0.114. The predicted octanol–water partition coefficient (Wildman–Crippen LogP) is 3.68. The molecular weight excluding hydrogens is 496 g/mol. The summed E-state index contributed by atoms with van der Waals surface area (Å²) in [5.74, 6) is -2.17. The molecule has 190 valence electrons. The van der Waals surface area contributed by atoms with E-state index in [0.29, 0.717) is 52.8 Å². The van der Waals surface area contributed by atoms with Gasteiger partial charge < -0.3 is 26.5 Å². The number of aryl methyl sites for hydroxylation is 1. The molecule has 0 radical (unpaired) electrons. The van der Waals surface area contributed by atoms with Gasteiger partial charge in [0, 0.05) is 40.1 Å². The largest absolute Gasteiger partial charge is 0.477 e. The molecule has 4 aromatic rings. The first-order chi connectivity index (χ1) is 17.7. The molecule has 2 heterocycles. The number of amides is 3. The number of fused-ring (bicyclic) bond motifs is 1. The minimum atomic E-state index is -1.08. The molecule has 37 heavy (non-hydrogen) atoms. The van der Waals surface area contributed by atoms with E-state index in [0.717, 1.165) is 11.3 Å². The molecule has 0 unspecified atom stereocenters. The number of nitrogens with two attached hydrogens (primary N) is 1. The number of carboxylic acid groups (broad SMARTS) is 1. The SMILES string of the molecule is CC(=O)Nc1ccc(NC(=O)c2csc(NC(=O)c3ccc4[nH]c(C(=O)O)c(CCCN)c4c3)n2)cc1. The maximum atomic E-state index is 12.9. The number of aromatic carboxylic acids is 1. The number of thiazole rings is 1. The number of hydrogen-bond donors (Lipinski definition) is 6. The number of benzene rings is 2. The Hall–Kier alpha value is -4.55. The van der Waals surface area contributed by atoms with Crippen LogP contribution in [0.25, 0.3) is 10.9 Å². The molecule has 0 aliphatic heterocycles. The lowest BCUT2D eigenvalue weighted by atomic mass is 10.0. The number of aromatic amines is 1. The zero-order valence-electron chi connectivity index (χ0n) is 19.8. The molecule has 2 aromatic heterocycles. The van der Waals surface area contributed by atoms with Crippen molar-refractivity contribution < 1.29 is 24.3 Å². The summed E-state index contributed by atoms with van der Waals surface area (Å²) in [4.78, 5) is 55.3. The number of nitrogens with one attached hydrogen (secondary N) is 4. The topological polar surface area (TPSA) is 179 Å². The number of rotatable bonds is 9. The van der Waals surface area contributed by atoms with E-state index >= 15 is 0 Å². The van der Waals surface area contributed by atoms with Crippen LogP contribution in [0, 0.1) is 0 Å². The monoisotopic (exact) mass is 520 g/mol. The van der Waals surface area contributed by atoms with Crippen LogP contribution >= 0.6 is 11.3 Å². The number of carboxylic acids is 1. The van der Waals surface area contributed by atoms with Crippen LogP contribution in [0.15, 0.2) is 47.8 Å². The zero-order valence-corrected chi connectivity index (χ0v) is 20.6. The summed E-state index contributed by atoms with van der Waals surface area (Å²) in [6.45, 7) is 1.82. The minimum absolute atomic E-state index is 0.0846. The van der Waals surface area contributed by atoms with Gasteiger partial charge in [-0.2, -0.15) is 0 Å². The molecular formula is C25H24N6O5S. The summed E-state index contributed by atoms with van der Waals surface area (Å²) in [5, 5.41) is 20.0. The third-order valence-electron chi connectivity index (χ3n) is 5.43. The van der Waals surface area contributed by atoms with Crippen molar-refractivity contribution in [3.05, 3.63) is 70.4 Å². The van der Waals surface area contributed by atoms with Gasteiger partial charge in [-0.15, -0.1) is 11.3 Å². The summed E-state index contributed by atoms with van der Waals surface area (Å²) < 4.78 is 0. The normalized spacial score (nSPS) is 10.8. The molecule has 0 aliphatic rings. The van der Waals surface area contributed by atoms with E-state index in [-0.39, 0.29) is 22.4 Å². The fourth-order valence-electron chi connectivity index (χ4n) is 3.75. The zero-order chi connectivity index (χ0) is 26.5. The second-order valence-corrected chi connectivity index (χ2v) is 9.00.